The summed E-state index contributed by atoms with van der Waals surface area (Å²) in [4.78, 5) is 11.1. The highest BCUT2D eigenvalue weighted by Gasteiger charge is 2.01. The Balaban J connectivity index is 3.70. The largest absolute Gasteiger partial charge is 0.513 e. The molecule has 0 heterocycles. The number of ether oxygens (including phenoxy) is 3. The second-order valence-electron chi connectivity index (χ2n) is 4.20. The minimum atomic E-state index is -0.684. The number of carbonyl (C=O) groups is 1. The maximum atomic E-state index is 11.1. The third-order valence-electron chi connectivity index (χ3n) is 2.10. The topological polar surface area (TPSA) is 44.8 Å². The lowest BCUT2D eigenvalue weighted by Crippen LogP contribution is -2.10. The van der Waals surface area contributed by atoms with Crippen LogP contribution in [0, 0.1) is 0 Å². The zero-order valence-corrected chi connectivity index (χ0v) is 11.8. The highest BCUT2D eigenvalue weighted by molar-refractivity contribution is 5.60. The molecule has 18 heavy (non-hydrogen) atoms. The molecule has 0 saturated carbocycles. The first-order valence-electron chi connectivity index (χ1n) is 6.26. The van der Waals surface area contributed by atoms with E-state index in [1.807, 2.05) is 13.8 Å². The SMILES string of the molecule is CCOCCOC(=O)OC=C(C)CCC=C(C)C. The molecule has 0 radical (unpaired) electrons. The lowest BCUT2D eigenvalue weighted by molar-refractivity contribution is 0.0474. The molecule has 4 heteroatoms. The summed E-state index contributed by atoms with van der Waals surface area (Å²) in [5, 5.41) is 0. The number of rotatable bonds is 8. The molecular formula is C14H24O4. The first-order valence-corrected chi connectivity index (χ1v) is 6.26. The van der Waals surface area contributed by atoms with Crippen LogP contribution in [0.5, 0.6) is 0 Å². The average Bonchev–Trinajstić information content (AvgIpc) is 2.31. The minimum absolute atomic E-state index is 0.220. The van der Waals surface area contributed by atoms with Gasteiger partial charge in [-0.2, -0.15) is 0 Å². The Morgan fingerprint density at radius 3 is 2.50 bits per heavy atom. The molecule has 0 amide bonds. The van der Waals surface area contributed by atoms with Crippen molar-refractivity contribution in [3.63, 3.8) is 0 Å². The van der Waals surface area contributed by atoms with Gasteiger partial charge in [-0.3, -0.25) is 0 Å². The highest BCUT2D eigenvalue weighted by atomic mass is 16.7. The van der Waals surface area contributed by atoms with Crippen LogP contribution in [0.25, 0.3) is 0 Å². The Morgan fingerprint density at radius 2 is 1.89 bits per heavy atom. The van der Waals surface area contributed by atoms with Gasteiger partial charge in [0.1, 0.15) is 6.61 Å². The molecule has 4 nitrogen and oxygen atoms in total. The smallest absolute Gasteiger partial charge is 0.432 e. The average molecular weight is 256 g/mol. The predicted octanol–water partition coefficient (Wildman–Crippen LogP) is 3.83. The second kappa shape index (κ2) is 10.8. The molecule has 0 aliphatic carbocycles. The number of hydrogen-bond acceptors (Lipinski definition) is 4. The van der Waals surface area contributed by atoms with Crippen molar-refractivity contribution in [2.24, 2.45) is 0 Å². The van der Waals surface area contributed by atoms with E-state index in [-0.39, 0.29) is 6.61 Å². The van der Waals surface area contributed by atoms with E-state index in [0.717, 1.165) is 18.4 Å². The first kappa shape index (κ1) is 16.7. The molecule has 0 fully saturated rings. The van der Waals surface area contributed by atoms with Gasteiger partial charge in [0, 0.05) is 6.61 Å². The van der Waals surface area contributed by atoms with Gasteiger partial charge in [0.2, 0.25) is 0 Å². The Labute approximate surface area is 110 Å². The van der Waals surface area contributed by atoms with E-state index in [0.29, 0.717) is 13.2 Å². The third kappa shape index (κ3) is 11.2. The van der Waals surface area contributed by atoms with E-state index in [4.69, 9.17) is 14.2 Å². The molecule has 0 aliphatic heterocycles. The van der Waals surface area contributed by atoms with E-state index in [9.17, 15) is 4.79 Å². The summed E-state index contributed by atoms with van der Waals surface area (Å²) in [6, 6.07) is 0. The molecule has 0 aromatic heterocycles. The van der Waals surface area contributed by atoms with Crippen molar-refractivity contribution in [3.05, 3.63) is 23.5 Å². The fourth-order valence-corrected chi connectivity index (χ4v) is 1.16. The molecule has 104 valence electrons. The highest BCUT2D eigenvalue weighted by Crippen LogP contribution is 2.07. The van der Waals surface area contributed by atoms with Crippen molar-refractivity contribution in [2.45, 2.75) is 40.5 Å². The summed E-state index contributed by atoms with van der Waals surface area (Å²) in [5.74, 6) is 0. The zero-order chi connectivity index (χ0) is 13.8. The number of hydrogen-bond donors (Lipinski definition) is 0. The van der Waals surface area contributed by atoms with Gasteiger partial charge in [-0.25, -0.2) is 4.79 Å². The molecule has 0 rings (SSSR count). The number of carbonyl (C=O) groups excluding carboxylic acids is 1. The molecule has 0 saturated heterocycles. The Morgan fingerprint density at radius 1 is 1.17 bits per heavy atom. The molecule has 0 N–H and O–H groups in total. The van der Waals surface area contributed by atoms with Gasteiger partial charge in [0.25, 0.3) is 0 Å². The molecule has 0 atom stereocenters. The monoisotopic (exact) mass is 256 g/mol. The maximum absolute atomic E-state index is 11.1. The van der Waals surface area contributed by atoms with Crippen molar-refractivity contribution in [2.75, 3.05) is 19.8 Å². The fraction of sp³-hybridized carbons (Fsp3) is 0.643. The lowest BCUT2D eigenvalue weighted by atomic mass is 10.1. The minimum Gasteiger partial charge on any atom is -0.432 e. The molecule has 0 unspecified atom stereocenters. The van der Waals surface area contributed by atoms with Crippen LogP contribution in [-0.2, 0) is 14.2 Å². The lowest BCUT2D eigenvalue weighted by Gasteiger charge is -2.04. The quantitative estimate of drug-likeness (QED) is 0.286. The summed E-state index contributed by atoms with van der Waals surface area (Å²) in [6.07, 6.45) is 4.74. The van der Waals surface area contributed by atoms with Crippen molar-refractivity contribution in [1.29, 1.82) is 0 Å². The Hall–Kier alpha value is -1.29. The van der Waals surface area contributed by atoms with Crippen LogP contribution in [-0.4, -0.2) is 26.0 Å². The number of allylic oxidation sites excluding steroid dienone is 3. The van der Waals surface area contributed by atoms with Gasteiger partial charge in [0.15, 0.2) is 0 Å². The molecule has 0 spiro atoms. The van der Waals surface area contributed by atoms with Crippen LogP contribution in [0.15, 0.2) is 23.5 Å². The third-order valence-corrected chi connectivity index (χ3v) is 2.10. The van der Waals surface area contributed by atoms with Crippen LogP contribution in [0.2, 0.25) is 0 Å². The van der Waals surface area contributed by atoms with Gasteiger partial charge in [-0.05, 0) is 46.1 Å². The van der Waals surface area contributed by atoms with Crippen LogP contribution in [0.1, 0.15) is 40.5 Å². The summed E-state index contributed by atoms with van der Waals surface area (Å²) in [5.41, 5.74) is 2.30. The predicted molar refractivity (Wildman–Crippen MR) is 71.3 cm³/mol. The van der Waals surface area contributed by atoms with Crippen LogP contribution >= 0.6 is 0 Å². The van der Waals surface area contributed by atoms with E-state index in [2.05, 4.69) is 19.9 Å². The van der Waals surface area contributed by atoms with Gasteiger partial charge >= 0.3 is 6.16 Å². The molecule has 0 aliphatic rings. The first-order chi connectivity index (χ1) is 8.56. The van der Waals surface area contributed by atoms with E-state index < -0.39 is 6.16 Å². The fourth-order valence-electron chi connectivity index (χ4n) is 1.16. The van der Waals surface area contributed by atoms with Crippen LogP contribution in [0.4, 0.5) is 4.79 Å². The van der Waals surface area contributed by atoms with Gasteiger partial charge in [0.05, 0.1) is 12.9 Å². The van der Waals surface area contributed by atoms with Gasteiger partial charge in [-0.15, -0.1) is 0 Å². The second-order valence-corrected chi connectivity index (χ2v) is 4.20. The summed E-state index contributed by atoms with van der Waals surface area (Å²) in [7, 11) is 0. The van der Waals surface area contributed by atoms with Crippen LogP contribution < -0.4 is 0 Å². The molecule has 0 bridgehead atoms. The normalized spacial score (nSPS) is 11.0. The van der Waals surface area contributed by atoms with Crippen molar-refractivity contribution >= 4 is 6.16 Å². The van der Waals surface area contributed by atoms with Crippen molar-refractivity contribution in [3.8, 4) is 0 Å². The van der Waals surface area contributed by atoms with Gasteiger partial charge in [-0.1, -0.05) is 11.6 Å². The van der Waals surface area contributed by atoms with Gasteiger partial charge < -0.3 is 14.2 Å². The Kier molecular flexibility index (Phi) is 10.1. The summed E-state index contributed by atoms with van der Waals surface area (Å²) < 4.78 is 14.7. The van der Waals surface area contributed by atoms with Crippen molar-refractivity contribution in [1.82, 2.24) is 0 Å². The van der Waals surface area contributed by atoms with Crippen molar-refractivity contribution < 1.29 is 19.0 Å². The molecular weight excluding hydrogens is 232 g/mol. The molecule has 0 aromatic rings. The van der Waals surface area contributed by atoms with E-state index in [1.165, 1.54) is 11.8 Å². The maximum Gasteiger partial charge on any atom is 0.513 e. The Bertz CT molecular complexity index is 288. The van der Waals surface area contributed by atoms with E-state index in [1.54, 1.807) is 0 Å². The standard InChI is InChI=1S/C14H24O4/c1-5-16-9-10-17-14(15)18-11-13(4)8-6-7-12(2)3/h7,11H,5-6,8-10H2,1-4H3. The van der Waals surface area contributed by atoms with Crippen LogP contribution in [0.3, 0.4) is 0 Å². The summed E-state index contributed by atoms with van der Waals surface area (Å²) >= 11 is 0. The zero-order valence-electron chi connectivity index (χ0n) is 11.8. The van der Waals surface area contributed by atoms with E-state index >= 15 is 0 Å². The molecule has 0 aromatic carbocycles. The summed E-state index contributed by atoms with van der Waals surface area (Å²) in [6.45, 7) is 9.16.